The molecule has 3 rings (SSSR count). The summed E-state index contributed by atoms with van der Waals surface area (Å²) < 4.78 is 0. The topological polar surface area (TPSA) is 72.3 Å². The Kier molecular flexibility index (Phi) is 5.64. The maximum Gasteiger partial charge on any atom is 0.234 e. The van der Waals surface area contributed by atoms with Gasteiger partial charge in [0, 0.05) is 37.3 Å². The molecule has 1 amide bonds. The lowest BCUT2D eigenvalue weighted by molar-refractivity contribution is -0.122. The van der Waals surface area contributed by atoms with E-state index in [-0.39, 0.29) is 11.9 Å². The van der Waals surface area contributed by atoms with Gasteiger partial charge in [-0.1, -0.05) is 6.07 Å². The Labute approximate surface area is 151 Å². The fourth-order valence-corrected chi connectivity index (χ4v) is 3.69. The van der Waals surface area contributed by atoms with Crippen molar-refractivity contribution in [1.82, 2.24) is 15.2 Å². The monoisotopic (exact) mass is 355 g/mol. The minimum atomic E-state index is 0.0421. The van der Waals surface area contributed by atoms with Gasteiger partial charge in [-0.2, -0.15) is 5.26 Å². The van der Waals surface area contributed by atoms with E-state index in [1.165, 1.54) is 0 Å². The van der Waals surface area contributed by atoms with Crippen LogP contribution in [0.3, 0.4) is 0 Å². The molecule has 25 heavy (non-hydrogen) atoms. The summed E-state index contributed by atoms with van der Waals surface area (Å²) in [6.07, 6.45) is 1.71. The van der Waals surface area contributed by atoms with Crippen LogP contribution in [-0.2, 0) is 4.79 Å². The van der Waals surface area contributed by atoms with E-state index in [1.54, 1.807) is 29.7 Å². The molecule has 1 fully saturated rings. The first-order valence-corrected chi connectivity index (χ1v) is 9.20. The lowest BCUT2D eigenvalue weighted by Crippen LogP contribution is -2.50. The molecule has 0 bridgehead atoms. The highest BCUT2D eigenvalue weighted by molar-refractivity contribution is 7.10. The Morgan fingerprint density at radius 1 is 1.36 bits per heavy atom. The van der Waals surface area contributed by atoms with Gasteiger partial charge in [0.2, 0.25) is 5.91 Å². The molecule has 0 saturated carbocycles. The van der Waals surface area contributed by atoms with Crippen LogP contribution in [0, 0.1) is 11.3 Å². The van der Waals surface area contributed by atoms with E-state index in [1.807, 2.05) is 24.4 Å². The largest absolute Gasteiger partial charge is 0.353 e. The summed E-state index contributed by atoms with van der Waals surface area (Å²) in [6, 6.07) is 9.82. The Hall–Kier alpha value is -2.43. The number of piperazine rings is 1. The molecule has 1 aliphatic rings. The third-order valence-electron chi connectivity index (χ3n) is 4.29. The molecule has 2 aromatic rings. The van der Waals surface area contributed by atoms with Crippen molar-refractivity contribution in [2.75, 3.05) is 37.6 Å². The number of hydrogen-bond acceptors (Lipinski definition) is 6. The smallest absolute Gasteiger partial charge is 0.234 e. The Morgan fingerprint density at radius 2 is 2.16 bits per heavy atom. The van der Waals surface area contributed by atoms with Gasteiger partial charge >= 0.3 is 0 Å². The highest BCUT2D eigenvalue weighted by atomic mass is 32.1. The van der Waals surface area contributed by atoms with Crippen LogP contribution in [0.1, 0.15) is 23.4 Å². The van der Waals surface area contributed by atoms with E-state index in [0.717, 1.165) is 36.9 Å². The average Bonchev–Trinajstić information content (AvgIpc) is 3.17. The second-order valence-corrected chi connectivity index (χ2v) is 7.03. The molecule has 1 aliphatic heterocycles. The second-order valence-electron chi connectivity index (χ2n) is 6.05. The summed E-state index contributed by atoms with van der Waals surface area (Å²) in [5.41, 5.74) is 0.596. The van der Waals surface area contributed by atoms with Crippen molar-refractivity contribution in [3.05, 3.63) is 46.3 Å². The maximum atomic E-state index is 12.3. The molecule has 1 saturated heterocycles. The minimum absolute atomic E-state index is 0.0421. The van der Waals surface area contributed by atoms with Gasteiger partial charge in [0.15, 0.2) is 0 Å². The summed E-state index contributed by atoms with van der Waals surface area (Å²) in [4.78, 5) is 22.0. The van der Waals surface area contributed by atoms with Crippen LogP contribution in [0.25, 0.3) is 0 Å². The van der Waals surface area contributed by atoms with Crippen molar-refractivity contribution in [1.29, 1.82) is 5.26 Å². The lowest BCUT2D eigenvalue weighted by atomic mass is 10.2. The van der Waals surface area contributed by atoms with Crippen LogP contribution in [0.2, 0.25) is 0 Å². The third kappa shape index (κ3) is 4.35. The summed E-state index contributed by atoms with van der Waals surface area (Å²) in [5.74, 6) is 0.783. The number of pyridine rings is 1. The minimum Gasteiger partial charge on any atom is -0.353 e. The molecule has 1 N–H and O–H groups in total. The Morgan fingerprint density at radius 3 is 2.84 bits per heavy atom. The molecular weight excluding hydrogens is 334 g/mol. The van der Waals surface area contributed by atoms with Crippen LogP contribution < -0.4 is 10.2 Å². The first kappa shape index (κ1) is 17.4. The van der Waals surface area contributed by atoms with E-state index < -0.39 is 0 Å². The molecule has 3 heterocycles. The van der Waals surface area contributed by atoms with Crippen molar-refractivity contribution in [3.63, 3.8) is 0 Å². The van der Waals surface area contributed by atoms with Crippen LogP contribution >= 0.6 is 11.3 Å². The Bertz CT molecular complexity index is 747. The van der Waals surface area contributed by atoms with E-state index in [4.69, 9.17) is 0 Å². The van der Waals surface area contributed by atoms with Crippen LogP contribution in [0.5, 0.6) is 0 Å². The van der Waals surface area contributed by atoms with Crippen molar-refractivity contribution >= 4 is 23.1 Å². The quantitative estimate of drug-likeness (QED) is 0.888. The van der Waals surface area contributed by atoms with Crippen molar-refractivity contribution in [3.8, 4) is 6.07 Å². The predicted molar refractivity (Wildman–Crippen MR) is 98.5 cm³/mol. The number of nitrogens with one attached hydrogen (secondary N) is 1. The van der Waals surface area contributed by atoms with Gasteiger partial charge in [-0.25, -0.2) is 4.98 Å². The fraction of sp³-hybridized carbons (Fsp3) is 0.389. The van der Waals surface area contributed by atoms with Crippen LogP contribution in [0.4, 0.5) is 5.82 Å². The standard InChI is InChI=1S/C18H21N5OS/c1-14(16-5-3-11-25-16)21-17(24)13-22-7-9-23(10-8-22)18-15(12-19)4-2-6-20-18/h2-6,11,14H,7-10,13H2,1H3,(H,21,24). The molecular formula is C18H21N5OS. The number of carbonyl (C=O) groups excluding carboxylic acids is 1. The molecule has 7 heteroatoms. The van der Waals surface area contributed by atoms with Gasteiger partial charge in [0.25, 0.3) is 0 Å². The SMILES string of the molecule is CC(NC(=O)CN1CCN(c2ncccc2C#N)CC1)c1cccs1. The van der Waals surface area contributed by atoms with Gasteiger partial charge in [0.1, 0.15) is 11.9 Å². The summed E-state index contributed by atoms with van der Waals surface area (Å²) in [6.45, 7) is 5.49. The lowest BCUT2D eigenvalue weighted by Gasteiger charge is -2.35. The summed E-state index contributed by atoms with van der Waals surface area (Å²) >= 11 is 1.65. The van der Waals surface area contributed by atoms with Gasteiger partial charge < -0.3 is 10.2 Å². The van der Waals surface area contributed by atoms with Gasteiger partial charge in [0.05, 0.1) is 18.2 Å². The van der Waals surface area contributed by atoms with Crippen molar-refractivity contribution in [2.45, 2.75) is 13.0 Å². The normalized spacial score (nSPS) is 16.2. The second kappa shape index (κ2) is 8.10. The maximum absolute atomic E-state index is 12.3. The van der Waals surface area contributed by atoms with E-state index in [9.17, 15) is 10.1 Å². The van der Waals surface area contributed by atoms with Crippen molar-refractivity contribution in [2.24, 2.45) is 0 Å². The molecule has 0 spiro atoms. The predicted octanol–water partition coefficient (Wildman–Crippen LogP) is 2.01. The summed E-state index contributed by atoms with van der Waals surface area (Å²) in [5, 5.41) is 14.3. The number of carbonyl (C=O) groups is 1. The molecule has 1 atom stereocenters. The first-order chi connectivity index (χ1) is 12.2. The zero-order chi connectivity index (χ0) is 17.6. The molecule has 6 nitrogen and oxygen atoms in total. The third-order valence-corrected chi connectivity index (χ3v) is 5.35. The molecule has 1 unspecified atom stereocenters. The molecule has 0 radical (unpaired) electrons. The Balaban J connectivity index is 1.49. The number of nitriles is 1. The van der Waals surface area contributed by atoms with E-state index in [2.05, 4.69) is 26.2 Å². The summed E-state index contributed by atoms with van der Waals surface area (Å²) in [7, 11) is 0. The van der Waals surface area contributed by atoms with Gasteiger partial charge in [-0.05, 0) is 30.5 Å². The fourth-order valence-electron chi connectivity index (χ4n) is 2.95. The number of aromatic nitrogens is 1. The average molecular weight is 355 g/mol. The van der Waals surface area contributed by atoms with Crippen LogP contribution in [0.15, 0.2) is 35.8 Å². The number of rotatable bonds is 5. The first-order valence-electron chi connectivity index (χ1n) is 8.32. The molecule has 0 aromatic carbocycles. The highest BCUT2D eigenvalue weighted by Crippen LogP contribution is 2.19. The van der Waals surface area contributed by atoms with Gasteiger partial charge in [-0.3, -0.25) is 9.69 Å². The van der Waals surface area contributed by atoms with E-state index in [0.29, 0.717) is 12.1 Å². The van der Waals surface area contributed by atoms with Crippen LogP contribution in [-0.4, -0.2) is 48.5 Å². The number of nitrogens with zero attached hydrogens (tertiary/aromatic N) is 4. The zero-order valence-electron chi connectivity index (χ0n) is 14.2. The number of amides is 1. The zero-order valence-corrected chi connectivity index (χ0v) is 15.0. The molecule has 0 aliphatic carbocycles. The number of hydrogen-bond donors (Lipinski definition) is 1. The van der Waals surface area contributed by atoms with E-state index >= 15 is 0 Å². The highest BCUT2D eigenvalue weighted by Gasteiger charge is 2.22. The van der Waals surface area contributed by atoms with Gasteiger partial charge in [-0.15, -0.1) is 11.3 Å². The number of thiophene rings is 1. The van der Waals surface area contributed by atoms with Crippen molar-refractivity contribution < 1.29 is 4.79 Å². The number of anilines is 1. The molecule has 130 valence electrons. The molecule has 2 aromatic heterocycles.